The maximum absolute atomic E-state index is 11.7. The average molecular weight is 773 g/mol. The quantitative estimate of drug-likeness (QED) is 0.0863. The monoisotopic (exact) mass is 773 g/mol. The summed E-state index contributed by atoms with van der Waals surface area (Å²) in [6, 6.07) is 23.9. The molecule has 4 N–H and O–H groups in total. The molecule has 0 aliphatic carbocycles. The third kappa shape index (κ3) is 10.0. The van der Waals surface area contributed by atoms with E-state index in [1.54, 1.807) is 9.59 Å². The van der Waals surface area contributed by atoms with Crippen molar-refractivity contribution >= 4 is 22.1 Å². The molecule has 0 bridgehead atoms. The normalized spacial score (nSPS) is 13.3. The maximum Gasteiger partial charge on any atom is 0.147 e. The lowest BCUT2D eigenvalue weighted by atomic mass is 9.72. The Morgan fingerprint density at radius 3 is 1.11 bits per heavy atom. The van der Waals surface area contributed by atoms with Crippen LogP contribution in [0.15, 0.2) is 72.8 Å². The summed E-state index contributed by atoms with van der Waals surface area (Å²) < 4.78 is 0. The number of benzene rings is 4. The molecule has 0 spiro atoms. The highest BCUT2D eigenvalue weighted by Gasteiger charge is 2.31. The fraction of sp³-hybridized carbons (Fsp3) is 0.489. The summed E-state index contributed by atoms with van der Waals surface area (Å²) in [5, 5.41) is 49.6. The Morgan fingerprint density at radius 1 is 0.491 bits per heavy atom. The van der Waals surface area contributed by atoms with Crippen molar-refractivity contribution in [3.63, 3.8) is 0 Å². The molecule has 57 heavy (non-hydrogen) atoms. The van der Waals surface area contributed by atoms with Crippen LogP contribution in [0.4, 0.5) is 0 Å². The molecule has 6 aromatic rings. The second-order valence-electron chi connectivity index (χ2n) is 20.6. The van der Waals surface area contributed by atoms with E-state index in [1.165, 1.54) is 0 Å². The first-order valence-corrected chi connectivity index (χ1v) is 20.3. The third-order valence-corrected chi connectivity index (χ3v) is 10.7. The van der Waals surface area contributed by atoms with Gasteiger partial charge in [0.1, 0.15) is 44.9 Å². The second-order valence-corrected chi connectivity index (χ2v) is 20.6. The smallest absolute Gasteiger partial charge is 0.147 e. The molecule has 304 valence electrons. The van der Waals surface area contributed by atoms with Gasteiger partial charge in [0.05, 0.1) is 0 Å². The summed E-state index contributed by atoms with van der Waals surface area (Å²) in [4.78, 5) is 3.14. The molecule has 0 aliphatic heterocycles. The van der Waals surface area contributed by atoms with Crippen molar-refractivity contribution in [1.82, 2.24) is 40.6 Å². The Morgan fingerprint density at radius 2 is 0.807 bits per heavy atom. The highest BCUT2D eigenvalue weighted by Crippen LogP contribution is 2.41. The van der Waals surface area contributed by atoms with Gasteiger partial charge in [0.15, 0.2) is 0 Å². The molecule has 0 fully saturated rings. The molecule has 10 heteroatoms. The van der Waals surface area contributed by atoms with E-state index >= 15 is 0 Å². The third-order valence-electron chi connectivity index (χ3n) is 10.7. The van der Waals surface area contributed by atoms with Gasteiger partial charge in [-0.1, -0.05) is 119 Å². The zero-order chi connectivity index (χ0) is 41.6. The fourth-order valence-corrected chi connectivity index (χ4v) is 8.64. The second kappa shape index (κ2) is 15.5. The zero-order valence-electron chi connectivity index (χ0n) is 36.2. The van der Waals surface area contributed by atoms with Gasteiger partial charge >= 0.3 is 0 Å². The minimum atomic E-state index is -0.161. The van der Waals surface area contributed by atoms with Crippen molar-refractivity contribution in [2.45, 2.75) is 120 Å². The number of nitrogens with zero attached hydrogens (tertiary/aromatic N) is 6. The van der Waals surface area contributed by atoms with Gasteiger partial charge in [0.25, 0.3) is 0 Å². The number of rotatable bonds is 14. The van der Waals surface area contributed by atoms with Crippen molar-refractivity contribution in [3.05, 3.63) is 95.1 Å². The standard InChI is InChI=1S/C47H64N8O2/c1-43(2,3)27-46(9,10)33-21-31(41(56)39(23-33)54-50-35-17-13-14-18-36(35)51-54)25-48-29-45(7,8)30-49-26-32-22-34(47(11,12)28-44(4,5)6)24-40(42(32)57)55-52-37-19-15-16-20-38(37)53-55/h13-24,48-49,56-57H,25-30H2,1-12H3. The molecule has 6 rings (SSSR count). The molecule has 0 saturated heterocycles. The molecule has 10 nitrogen and oxygen atoms in total. The van der Waals surface area contributed by atoms with E-state index in [4.69, 9.17) is 20.4 Å². The molecule has 4 aromatic carbocycles. The van der Waals surface area contributed by atoms with Crippen LogP contribution in [-0.4, -0.2) is 53.3 Å². The van der Waals surface area contributed by atoms with Crippen LogP contribution in [-0.2, 0) is 23.9 Å². The number of hydrogen-bond donors (Lipinski definition) is 4. The predicted octanol–water partition coefficient (Wildman–Crippen LogP) is 9.90. The van der Waals surface area contributed by atoms with Gasteiger partial charge in [-0.3, -0.25) is 0 Å². The van der Waals surface area contributed by atoms with Crippen molar-refractivity contribution in [2.75, 3.05) is 13.1 Å². The van der Waals surface area contributed by atoms with E-state index < -0.39 is 0 Å². The summed E-state index contributed by atoms with van der Waals surface area (Å²) in [5.41, 5.74) is 7.91. The lowest BCUT2D eigenvalue weighted by Gasteiger charge is -2.34. The number of phenols is 2. The summed E-state index contributed by atoms with van der Waals surface area (Å²) in [6.45, 7) is 29.4. The van der Waals surface area contributed by atoms with Crippen LogP contribution in [0.25, 0.3) is 33.4 Å². The number of phenolic OH excluding ortho intramolecular Hbond substituents is 2. The van der Waals surface area contributed by atoms with Crippen LogP contribution in [0.3, 0.4) is 0 Å². The lowest BCUT2D eigenvalue weighted by Crippen LogP contribution is -2.37. The predicted molar refractivity (Wildman–Crippen MR) is 232 cm³/mol. The summed E-state index contributed by atoms with van der Waals surface area (Å²) in [7, 11) is 0. The van der Waals surface area contributed by atoms with E-state index in [2.05, 4.69) is 106 Å². The molecule has 0 amide bonds. The van der Waals surface area contributed by atoms with Gasteiger partial charge in [0, 0.05) is 37.3 Å². The average Bonchev–Trinajstić information content (AvgIpc) is 3.72. The SMILES string of the molecule is CC(C)(C)CC(C)(C)c1cc(CNCC(C)(C)CNCc2cc(C(C)(C)CC(C)(C)C)cc(-n3nc4ccccc4n3)c2O)c(O)c(-n2nc3ccccc3n2)c1. The first-order chi connectivity index (χ1) is 26.5. The number of aromatic nitrogens is 6. The van der Waals surface area contributed by atoms with Crippen LogP contribution in [0.1, 0.15) is 118 Å². The highest BCUT2D eigenvalue weighted by atomic mass is 16.3. The van der Waals surface area contributed by atoms with E-state index in [0.717, 1.165) is 57.2 Å². The van der Waals surface area contributed by atoms with Crippen molar-refractivity contribution in [2.24, 2.45) is 16.2 Å². The molecular formula is C47H64N8O2. The van der Waals surface area contributed by atoms with Gasteiger partial charge in [-0.2, -0.15) is 0 Å². The largest absolute Gasteiger partial charge is 0.505 e. The number of hydrogen-bond acceptors (Lipinski definition) is 8. The molecule has 2 aromatic heterocycles. The Balaban J connectivity index is 1.21. The maximum atomic E-state index is 11.7. The van der Waals surface area contributed by atoms with E-state index in [1.807, 2.05) is 60.7 Å². The van der Waals surface area contributed by atoms with Gasteiger partial charge in [-0.25, -0.2) is 0 Å². The molecule has 0 aliphatic rings. The van der Waals surface area contributed by atoms with Crippen LogP contribution < -0.4 is 10.6 Å². The van der Waals surface area contributed by atoms with E-state index in [9.17, 15) is 10.2 Å². The van der Waals surface area contributed by atoms with Crippen molar-refractivity contribution < 1.29 is 10.2 Å². The molecule has 2 heterocycles. The van der Waals surface area contributed by atoms with Crippen molar-refractivity contribution in [1.29, 1.82) is 0 Å². The van der Waals surface area contributed by atoms with Crippen LogP contribution >= 0.6 is 0 Å². The number of nitrogens with one attached hydrogen (secondary N) is 2. The van der Waals surface area contributed by atoms with E-state index in [-0.39, 0.29) is 38.6 Å². The zero-order valence-corrected chi connectivity index (χ0v) is 36.2. The minimum absolute atomic E-state index is 0.114. The van der Waals surface area contributed by atoms with Gasteiger partial charge in [-0.15, -0.1) is 30.0 Å². The molecule has 0 unspecified atom stereocenters. The van der Waals surface area contributed by atoms with Crippen molar-refractivity contribution in [3.8, 4) is 22.9 Å². The van der Waals surface area contributed by atoms with Gasteiger partial charge < -0.3 is 20.8 Å². The molecule has 0 atom stereocenters. The van der Waals surface area contributed by atoms with Gasteiger partial charge in [0.2, 0.25) is 0 Å². The summed E-state index contributed by atoms with van der Waals surface area (Å²) >= 11 is 0. The molecule has 0 saturated carbocycles. The van der Waals surface area contributed by atoms with Crippen LogP contribution in [0.5, 0.6) is 11.5 Å². The van der Waals surface area contributed by atoms with Crippen LogP contribution in [0.2, 0.25) is 0 Å². The van der Waals surface area contributed by atoms with E-state index in [0.29, 0.717) is 37.6 Å². The van der Waals surface area contributed by atoms with Crippen LogP contribution in [0, 0.1) is 16.2 Å². The first-order valence-electron chi connectivity index (χ1n) is 20.3. The first kappa shape index (κ1) is 41.8. The minimum Gasteiger partial charge on any atom is -0.505 e. The summed E-state index contributed by atoms with van der Waals surface area (Å²) in [5.74, 6) is 0.350. The number of fused-ring (bicyclic) bond motifs is 2. The molecular weight excluding hydrogens is 709 g/mol. The topological polar surface area (TPSA) is 126 Å². The Kier molecular flexibility index (Phi) is 11.4. The molecule has 0 radical (unpaired) electrons. The summed E-state index contributed by atoms with van der Waals surface area (Å²) in [6.07, 6.45) is 1.93. The Hall–Kier alpha value is -4.80. The van der Waals surface area contributed by atoms with Gasteiger partial charge in [-0.05, 0) is 87.4 Å². The fourth-order valence-electron chi connectivity index (χ4n) is 8.64. The number of aromatic hydroxyl groups is 2. The lowest BCUT2D eigenvalue weighted by molar-refractivity contribution is 0.283. The Bertz CT molecular complexity index is 2120. The highest BCUT2D eigenvalue weighted by molar-refractivity contribution is 5.74. The Labute approximate surface area is 339 Å².